The molecule has 1 amide bonds. The summed E-state index contributed by atoms with van der Waals surface area (Å²) in [4.78, 5) is 20.4. The largest absolute Gasteiger partial charge is 0.369 e. The van der Waals surface area contributed by atoms with Gasteiger partial charge in [-0.25, -0.2) is 4.98 Å². The Morgan fingerprint density at radius 3 is 3.08 bits per heavy atom. The van der Waals surface area contributed by atoms with Crippen LogP contribution < -0.4 is 16.5 Å². The van der Waals surface area contributed by atoms with Crippen molar-refractivity contribution in [2.45, 2.75) is 0 Å². The van der Waals surface area contributed by atoms with Crippen LogP contribution >= 0.6 is 0 Å². The van der Waals surface area contributed by atoms with Gasteiger partial charge in [-0.05, 0) is 0 Å². The van der Waals surface area contributed by atoms with E-state index in [0.717, 1.165) is 0 Å². The van der Waals surface area contributed by atoms with E-state index in [0.29, 0.717) is 16.6 Å². The predicted molar refractivity (Wildman–Crippen MR) is 45.6 cm³/mol. The van der Waals surface area contributed by atoms with Crippen molar-refractivity contribution >= 4 is 22.8 Å². The zero-order valence-electron chi connectivity index (χ0n) is 6.66. The second-order valence-corrected chi connectivity index (χ2v) is 2.60. The maximum Gasteiger partial charge on any atom is 0.252 e. The molecule has 0 fully saturated rings. The summed E-state index contributed by atoms with van der Waals surface area (Å²) in [5.41, 5.74) is 11.7. The predicted octanol–water partition coefficient (Wildman–Crippen LogP) is -0.942. The van der Waals surface area contributed by atoms with E-state index in [1.807, 2.05) is 0 Å². The van der Waals surface area contributed by atoms with Gasteiger partial charge in [0.2, 0.25) is 17.8 Å². The van der Waals surface area contributed by atoms with Gasteiger partial charge in [0.15, 0.2) is 0 Å². The number of hydrogen-bond acceptors (Lipinski definition) is 3. The summed E-state index contributed by atoms with van der Waals surface area (Å²) in [6, 6.07) is 0. The van der Waals surface area contributed by atoms with Crippen LogP contribution in [0.25, 0.3) is 11.0 Å². The highest BCUT2D eigenvalue weighted by Gasteiger charge is 2.16. The van der Waals surface area contributed by atoms with Crippen LogP contribution in [0.15, 0.2) is 12.5 Å². The summed E-state index contributed by atoms with van der Waals surface area (Å²) in [7, 11) is 0. The van der Waals surface area contributed by atoms with Crippen molar-refractivity contribution in [2.75, 3.05) is 5.73 Å². The minimum atomic E-state index is -0.528. The average Bonchev–Trinajstić information content (AvgIpc) is 2.49. The third-order valence-corrected chi connectivity index (χ3v) is 1.81. The van der Waals surface area contributed by atoms with Crippen molar-refractivity contribution in [3.63, 3.8) is 0 Å². The first-order valence-corrected chi connectivity index (χ1v) is 3.63. The van der Waals surface area contributed by atoms with Crippen LogP contribution in [0.1, 0.15) is 10.4 Å². The molecule has 0 unspecified atom stereocenters. The van der Waals surface area contributed by atoms with Gasteiger partial charge in [0, 0.05) is 0 Å². The Kier molecular flexibility index (Phi) is 1.42. The Labute approximate surface area is 73.0 Å². The minimum Gasteiger partial charge on any atom is -0.369 e. The molecule has 2 aromatic rings. The quantitative estimate of drug-likeness (QED) is 0.523. The van der Waals surface area contributed by atoms with E-state index in [-0.39, 0.29) is 5.82 Å². The Bertz CT molecular complexity index is 475. The molecule has 0 atom stereocenters. The fourth-order valence-corrected chi connectivity index (χ4v) is 1.23. The summed E-state index contributed by atoms with van der Waals surface area (Å²) in [6.07, 6.45) is 2.94. The van der Waals surface area contributed by atoms with Gasteiger partial charge in [-0.2, -0.15) is 0 Å². The first-order valence-electron chi connectivity index (χ1n) is 3.63. The molecule has 0 bridgehead atoms. The number of carbonyl (C=O) groups is 1. The second-order valence-electron chi connectivity index (χ2n) is 2.60. The van der Waals surface area contributed by atoms with Crippen LogP contribution in [0.2, 0.25) is 0 Å². The standard InChI is InChI=1S/C7H7N5O/c8-5-4-3(6(9)13)1-10-7(4)12-2-11-5/h1-2H,(H2,9,13)(H3,8,10,11,12)/p+1. The van der Waals surface area contributed by atoms with E-state index in [2.05, 4.69) is 15.0 Å². The highest BCUT2D eigenvalue weighted by molar-refractivity contribution is 6.07. The van der Waals surface area contributed by atoms with E-state index >= 15 is 0 Å². The maximum absolute atomic E-state index is 10.9. The van der Waals surface area contributed by atoms with Crippen molar-refractivity contribution in [1.82, 2.24) is 9.97 Å². The fourth-order valence-electron chi connectivity index (χ4n) is 1.23. The number of aromatic amines is 2. The highest BCUT2D eigenvalue weighted by atomic mass is 16.1. The zero-order valence-corrected chi connectivity index (χ0v) is 6.66. The first-order chi connectivity index (χ1) is 6.20. The van der Waals surface area contributed by atoms with Crippen LogP contribution in [0.4, 0.5) is 5.82 Å². The molecule has 2 heterocycles. The van der Waals surface area contributed by atoms with Crippen LogP contribution in [-0.2, 0) is 0 Å². The van der Waals surface area contributed by atoms with E-state index in [1.165, 1.54) is 12.5 Å². The topological polar surface area (TPSA) is 112 Å². The number of primary amides is 1. The number of fused-ring (bicyclic) bond motifs is 1. The van der Waals surface area contributed by atoms with E-state index < -0.39 is 5.91 Å². The van der Waals surface area contributed by atoms with Gasteiger partial charge >= 0.3 is 0 Å². The van der Waals surface area contributed by atoms with Gasteiger partial charge in [0.05, 0.1) is 11.8 Å². The molecule has 0 aliphatic rings. The molecule has 6 nitrogen and oxygen atoms in total. The molecule has 0 radical (unpaired) electrons. The lowest BCUT2D eigenvalue weighted by Gasteiger charge is -1.90. The number of carbonyl (C=O) groups excluding carboxylic acids is 1. The van der Waals surface area contributed by atoms with E-state index in [1.54, 1.807) is 0 Å². The molecule has 0 saturated carbocycles. The monoisotopic (exact) mass is 178 g/mol. The van der Waals surface area contributed by atoms with E-state index in [4.69, 9.17) is 11.5 Å². The molecule has 6 N–H and O–H groups in total. The molecule has 0 aliphatic carbocycles. The molecule has 0 spiro atoms. The number of nitrogens with zero attached hydrogens (tertiary/aromatic N) is 1. The zero-order chi connectivity index (χ0) is 9.42. The summed E-state index contributed by atoms with van der Waals surface area (Å²) >= 11 is 0. The first kappa shape index (κ1) is 7.53. The molecule has 2 aromatic heterocycles. The number of amides is 1. The Morgan fingerprint density at radius 1 is 1.62 bits per heavy atom. The number of hydrogen-bond donors (Lipinski definition) is 3. The van der Waals surface area contributed by atoms with Crippen molar-refractivity contribution in [3.8, 4) is 0 Å². The van der Waals surface area contributed by atoms with Gasteiger partial charge in [0.25, 0.3) is 5.91 Å². The lowest BCUT2D eigenvalue weighted by atomic mass is 10.2. The van der Waals surface area contributed by atoms with Gasteiger partial charge < -0.3 is 11.5 Å². The molecule has 66 valence electrons. The Hall–Kier alpha value is -2.11. The molecule has 0 aliphatic heterocycles. The third-order valence-electron chi connectivity index (χ3n) is 1.81. The third kappa shape index (κ3) is 0.994. The molecule has 0 saturated heterocycles. The summed E-state index contributed by atoms with van der Waals surface area (Å²) in [5, 5.41) is 0.537. The van der Waals surface area contributed by atoms with Gasteiger partial charge in [-0.3, -0.25) is 9.78 Å². The summed E-state index contributed by atoms with van der Waals surface area (Å²) < 4.78 is 0. The molecule has 0 aromatic carbocycles. The number of nitrogens with one attached hydrogen (secondary N) is 2. The lowest BCUT2D eigenvalue weighted by molar-refractivity contribution is -0.352. The second kappa shape index (κ2) is 2.44. The normalized spacial score (nSPS) is 10.5. The van der Waals surface area contributed by atoms with Crippen LogP contribution in [0, 0.1) is 0 Å². The number of anilines is 1. The van der Waals surface area contributed by atoms with Crippen LogP contribution in [0.3, 0.4) is 0 Å². The Morgan fingerprint density at radius 2 is 2.38 bits per heavy atom. The van der Waals surface area contributed by atoms with Crippen LogP contribution in [0.5, 0.6) is 0 Å². The Balaban J connectivity index is 2.86. The van der Waals surface area contributed by atoms with E-state index in [9.17, 15) is 4.79 Å². The minimum absolute atomic E-state index is 0.281. The number of nitrogens with two attached hydrogens (primary N) is 2. The average molecular weight is 178 g/mol. The van der Waals surface area contributed by atoms with Crippen molar-refractivity contribution in [1.29, 1.82) is 0 Å². The SMILES string of the molecule is NC(=O)c1c[nH]c2[nH+]cnc(N)c12. The van der Waals surface area contributed by atoms with Gasteiger partial charge in [0.1, 0.15) is 5.39 Å². The number of nitrogen functional groups attached to an aromatic ring is 1. The van der Waals surface area contributed by atoms with Gasteiger partial charge in [-0.1, -0.05) is 4.98 Å². The number of H-pyrrole nitrogens is 2. The molecule has 13 heavy (non-hydrogen) atoms. The van der Waals surface area contributed by atoms with Gasteiger partial charge in [-0.15, -0.1) is 0 Å². The molecular weight excluding hydrogens is 170 g/mol. The summed E-state index contributed by atoms with van der Waals surface area (Å²) in [6.45, 7) is 0. The molecular formula is C7H8N5O+. The fraction of sp³-hybridized carbons (Fsp3) is 0. The van der Waals surface area contributed by atoms with Crippen molar-refractivity contribution in [2.24, 2.45) is 5.73 Å². The van der Waals surface area contributed by atoms with Crippen LogP contribution in [-0.4, -0.2) is 15.9 Å². The number of aromatic nitrogens is 3. The molecule has 2 rings (SSSR count). The lowest BCUT2D eigenvalue weighted by Crippen LogP contribution is -2.12. The summed E-state index contributed by atoms with van der Waals surface area (Å²) in [5.74, 6) is -0.247. The highest BCUT2D eigenvalue weighted by Crippen LogP contribution is 2.17. The van der Waals surface area contributed by atoms with Crippen molar-refractivity contribution < 1.29 is 9.78 Å². The molecule has 6 heteroatoms. The smallest absolute Gasteiger partial charge is 0.252 e. The van der Waals surface area contributed by atoms with Crippen molar-refractivity contribution in [3.05, 3.63) is 18.1 Å². The maximum atomic E-state index is 10.9. The number of rotatable bonds is 1.